The molecule has 1 heterocycles. The fraction of sp³-hybridized carbons (Fsp3) is 0.0833. The zero-order chi connectivity index (χ0) is 13.8. The quantitative estimate of drug-likeness (QED) is 0.873. The maximum atomic E-state index is 13.2. The molecule has 3 N–H and O–H groups in total. The number of benzene rings is 1. The molecule has 0 saturated heterocycles. The second-order valence-corrected chi connectivity index (χ2v) is 3.63. The van der Waals surface area contributed by atoms with E-state index in [0.29, 0.717) is 5.69 Å². The fourth-order valence-corrected chi connectivity index (χ4v) is 1.42. The van der Waals surface area contributed by atoms with E-state index in [9.17, 15) is 9.18 Å². The monoisotopic (exact) mass is 262 g/mol. The van der Waals surface area contributed by atoms with Gasteiger partial charge in [0.05, 0.1) is 19.5 Å². The largest absolute Gasteiger partial charge is 0.494 e. The van der Waals surface area contributed by atoms with Crippen LogP contribution in [-0.2, 0) is 0 Å². The van der Waals surface area contributed by atoms with Crippen molar-refractivity contribution >= 4 is 17.4 Å². The molecule has 0 saturated carbocycles. The van der Waals surface area contributed by atoms with Crippen LogP contribution in [0, 0.1) is 5.82 Å². The number of carbonyl (C=O) groups excluding carboxylic acids is 1. The molecule has 1 aromatic heterocycles. The molecule has 0 spiro atoms. The van der Waals surface area contributed by atoms with Gasteiger partial charge >= 0.3 is 0 Å². The minimum atomic E-state index is -0.510. The van der Waals surface area contributed by atoms with Crippen LogP contribution in [-0.4, -0.2) is 23.0 Å². The van der Waals surface area contributed by atoms with Crippen molar-refractivity contribution in [2.24, 2.45) is 0 Å². The lowest BCUT2D eigenvalue weighted by molar-refractivity contribution is 0.102. The van der Waals surface area contributed by atoms with E-state index in [-0.39, 0.29) is 17.3 Å². The number of halogens is 1. The lowest BCUT2D eigenvalue weighted by Crippen LogP contribution is -2.14. The van der Waals surface area contributed by atoms with Crippen molar-refractivity contribution in [2.45, 2.75) is 0 Å². The molecule has 0 aliphatic heterocycles. The first kappa shape index (κ1) is 12.7. The molecule has 0 fully saturated rings. The maximum absolute atomic E-state index is 13.2. The molecule has 2 rings (SSSR count). The summed E-state index contributed by atoms with van der Waals surface area (Å²) < 4.78 is 18.0. The molecule has 0 unspecified atom stereocenters. The number of carbonyl (C=O) groups is 1. The molecule has 0 radical (unpaired) electrons. The number of nitrogens with one attached hydrogen (secondary N) is 1. The van der Waals surface area contributed by atoms with Crippen molar-refractivity contribution < 1.29 is 13.9 Å². The Hall–Kier alpha value is -2.70. The summed E-state index contributed by atoms with van der Waals surface area (Å²) in [5, 5.41) is 2.54. The summed E-state index contributed by atoms with van der Waals surface area (Å²) in [5.41, 5.74) is 5.89. The smallest absolute Gasteiger partial charge is 0.275 e. The second kappa shape index (κ2) is 5.30. The number of ether oxygens (including phenoxy) is 1. The normalized spacial score (nSPS) is 10.0. The number of anilines is 2. The average Bonchev–Trinajstić information content (AvgIpc) is 2.41. The zero-order valence-corrected chi connectivity index (χ0v) is 10.1. The summed E-state index contributed by atoms with van der Waals surface area (Å²) in [4.78, 5) is 19.4. The van der Waals surface area contributed by atoms with E-state index in [0.717, 1.165) is 0 Å². The van der Waals surface area contributed by atoms with Gasteiger partial charge in [-0.15, -0.1) is 0 Å². The number of hydrogen-bond donors (Lipinski definition) is 2. The van der Waals surface area contributed by atoms with Gasteiger partial charge in [-0.1, -0.05) is 0 Å². The van der Waals surface area contributed by atoms with Gasteiger partial charge in [0.2, 0.25) is 0 Å². The molecular formula is C12H11FN4O2. The van der Waals surface area contributed by atoms with Gasteiger partial charge in [-0.05, 0) is 12.1 Å². The van der Waals surface area contributed by atoms with E-state index in [1.165, 1.54) is 37.7 Å². The predicted molar refractivity (Wildman–Crippen MR) is 67.3 cm³/mol. The third kappa shape index (κ3) is 2.95. The lowest BCUT2D eigenvalue weighted by Gasteiger charge is -2.07. The van der Waals surface area contributed by atoms with Crippen molar-refractivity contribution in [1.29, 1.82) is 0 Å². The molecule has 98 valence electrons. The highest BCUT2D eigenvalue weighted by atomic mass is 19.1. The van der Waals surface area contributed by atoms with Crippen molar-refractivity contribution in [3.05, 3.63) is 42.1 Å². The van der Waals surface area contributed by atoms with Crippen molar-refractivity contribution in [2.75, 3.05) is 18.2 Å². The lowest BCUT2D eigenvalue weighted by atomic mass is 10.2. The van der Waals surface area contributed by atoms with E-state index >= 15 is 0 Å². The Morgan fingerprint density at radius 2 is 2.21 bits per heavy atom. The number of hydrogen-bond acceptors (Lipinski definition) is 5. The molecule has 1 aromatic carbocycles. The van der Waals surface area contributed by atoms with Crippen LogP contribution in [0.3, 0.4) is 0 Å². The van der Waals surface area contributed by atoms with Crippen LogP contribution in [0.15, 0.2) is 30.6 Å². The van der Waals surface area contributed by atoms with Crippen LogP contribution in [0.25, 0.3) is 0 Å². The molecule has 0 aliphatic rings. The molecule has 7 heteroatoms. The highest BCUT2D eigenvalue weighted by Gasteiger charge is 2.10. The maximum Gasteiger partial charge on any atom is 0.275 e. The van der Waals surface area contributed by atoms with Gasteiger partial charge in [-0.2, -0.15) is 0 Å². The van der Waals surface area contributed by atoms with Crippen molar-refractivity contribution in [3.8, 4) is 5.75 Å². The summed E-state index contributed by atoms with van der Waals surface area (Å²) >= 11 is 0. The van der Waals surface area contributed by atoms with Gasteiger partial charge in [-0.3, -0.25) is 9.78 Å². The highest BCUT2D eigenvalue weighted by Crippen LogP contribution is 2.21. The number of amides is 1. The van der Waals surface area contributed by atoms with Crippen LogP contribution in [0.2, 0.25) is 0 Å². The molecule has 19 heavy (non-hydrogen) atoms. The van der Waals surface area contributed by atoms with Crippen LogP contribution in [0.4, 0.5) is 15.9 Å². The average molecular weight is 262 g/mol. The first-order valence-electron chi connectivity index (χ1n) is 5.32. The Balaban J connectivity index is 2.19. The van der Waals surface area contributed by atoms with Crippen molar-refractivity contribution in [3.63, 3.8) is 0 Å². The van der Waals surface area contributed by atoms with E-state index in [2.05, 4.69) is 15.3 Å². The van der Waals surface area contributed by atoms with E-state index in [1.54, 1.807) is 0 Å². The summed E-state index contributed by atoms with van der Waals surface area (Å²) in [6, 6.07) is 3.97. The van der Waals surface area contributed by atoms with E-state index in [4.69, 9.17) is 10.5 Å². The Morgan fingerprint density at radius 1 is 1.42 bits per heavy atom. The predicted octanol–water partition coefficient (Wildman–Crippen LogP) is 1.46. The Morgan fingerprint density at radius 3 is 2.89 bits per heavy atom. The Kier molecular flexibility index (Phi) is 3.56. The van der Waals surface area contributed by atoms with Crippen LogP contribution >= 0.6 is 0 Å². The van der Waals surface area contributed by atoms with Gasteiger partial charge in [0, 0.05) is 11.8 Å². The number of rotatable bonds is 3. The Labute approximate surface area is 108 Å². The number of aromatic nitrogens is 2. The van der Waals surface area contributed by atoms with Crippen molar-refractivity contribution in [1.82, 2.24) is 9.97 Å². The molecule has 1 amide bonds. The van der Waals surface area contributed by atoms with Gasteiger partial charge in [0.15, 0.2) is 11.6 Å². The second-order valence-electron chi connectivity index (χ2n) is 3.63. The standard InChI is InChI=1S/C12H11FN4O2/c1-19-10-4-7(2-3-8(10)13)16-12(18)9-5-15-6-11(14)17-9/h2-6H,1H3,(H2,14,17)(H,16,18). The first-order valence-corrected chi connectivity index (χ1v) is 5.32. The topological polar surface area (TPSA) is 90.1 Å². The number of methoxy groups -OCH3 is 1. The molecule has 0 bridgehead atoms. The van der Waals surface area contributed by atoms with Gasteiger partial charge in [0.1, 0.15) is 11.5 Å². The molecule has 0 atom stereocenters. The minimum Gasteiger partial charge on any atom is -0.494 e. The summed E-state index contributed by atoms with van der Waals surface area (Å²) in [7, 11) is 1.34. The third-order valence-corrected chi connectivity index (χ3v) is 2.29. The summed E-state index contributed by atoms with van der Waals surface area (Å²) in [6.45, 7) is 0. The van der Waals surface area contributed by atoms with Crippen LogP contribution < -0.4 is 15.8 Å². The molecule has 0 aliphatic carbocycles. The van der Waals surface area contributed by atoms with Gasteiger partial charge < -0.3 is 15.8 Å². The molecule has 2 aromatic rings. The van der Waals surface area contributed by atoms with E-state index < -0.39 is 11.7 Å². The number of nitrogen functional groups attached to an aromatic ring is 1. The molecule has 6 nitrogen and oxygen atoms in total. The third-order valence-electron chi connectivity index (χ3n) is 2.29. The summed E-state index contributed by atoms with van der Waals surface area (Å²) in [5.74, 6) is -0.821. The SMILES string of the molecule is COc1cc(NC(=O)c2cncc(N)n2)ccc1F. The number of nitrogens with two attached hydrogens (primary N) is 1. The number of nitrogens with zero attached hydrogens (tertiary/aromatic N) is 2. The molecular weight excluding hydrogens is 251 g/mol. The van der Waals surface area contributed by atoms with Gasteiger partial charge in [0.25, 0.3) is 5.91 Å². The van der Waals surface area contributed by atoms with Gasteiger partial charge in [-0.25, -0.2) is 9.37 Å². The summed E-state index contributed by atoms with van der Waals surface area (Å²) in [6.07, 6.45) is 2.62. The first-order chi connectivity index (χ1) is 9.10. The Bertz CT molecular complexity index is 618. The van der Waals surface area contributed by atoms with E-state index in [1.807, 2.05) is 0 Å². The fourth-order valence-electron chi connectivity index (χ4n) is 1.42. The van der Waals surface area contributed by atoms with Crippen LogP contribution in [0.5, 0.6) is 5.75 Å². The minimum absolute atomic E-state index is 0.0384. The zero-order valence-electron chi connectivity index (χ0n) is 10.1. The van der Waals surface area contributed by atoms with Crippen LogP contribution in [0.1, 0.15) is 10.5 Å². The highest BCUT2D eigenvalue weighted by molar-refractivity contribution is 6.02.